The smallest absolute Gasteiger partial charge is 0.248 e. The first-order valence-corrected chi connectivity index (χ1v) is 7.53. The number of halogens is 1. The first kappa shape index (κ1) is 15.2. The average Bonchev–Trinajstić information content (AvgIpc) is 2.40. The van der Waals surface area contributed by atoms with E-state index in [-0.39, 0.29) is 16.3 Å². The zero-order chi connectivity index (χ0) is 15.6. The van der Waals surface area contributed by atoms with Gasteiger partial charge in [-0.25, -0.2) is 4.39 Å². The van der Waals surface area contributed by atoms with Gasteiger partial charge in [0.2, 0.25) is 5.91 Å². The van der Waals surface area contributed by atoms with E-state index in [1.165, 1.54) is 12.1 Å². The van der Waals surface area contributed by atoms with Crippen LogP contribution in [0.25, 0.3) is 0 Å². The Balaban J connectivity index is 2.25. The molecule has 1 amide bonds. The van der Waals surface area contributed by atoms with Crippen molar-refractivity contribution >= 4 is 22.4 Å². The quantitative estimate of drug-likeness (QED) is 0.848. The number of amides is 1. The van der Waals surface area contributed by atoms with Gasteiger partial charge < -0.3 is 11.5 Å². The minimum absolute atomic E-state index is 0.113. The summed E-state index contributed by atoms with van der Waals surface area (Å²) >= 11 is 0. The fraction of sp³-hybridized carbons (Fsp3) is 0.133. The van der Waals surface area contributed by atoms with Crippen molar-refractivity contribution < 1.29 is 13.4 Å². The lowest BCUT2D eigenvalue weighted by atomic mass is 10.1. The van der Waals surface area contributed by atoms with E-state index in [1.807, 2.05) is 0 Å². The van der Waals surface area contributed by atoms with Gasteiger partial charge in [0.25, 0.3) is 0 Å². The number of nitrogen functional groups attached to an aromatic ring is 1. The Kier molecular flexibility index (Phi) is 4.37. The van der Waals surface area contributed by atoms with Crippen LogP contribution in [0.2, 0.25) is 0 Å². The van der Waals surface area contributed by atoms with Crippen molar-refractivity contribution in [2.45, 2.75) is 17.6 Å². The highest BCUT2D eigenvalue weighted by atomic mass is 32.2. The lowest BCUT2D eigenvalue weighted by Crippen LogP contribution is -2.11. The molecule has 21 heavy (non-hydrogen) atoms. The lowest BCUT2D eigenvalue weighted by Gasteiger charge is -2.08. The van der Waals surface area contributed by atoms with E-state index in [4.69, 9.17) is 11.5 Å². The molecule has 0 saturated heterocycles. The number of benzene rings is 2. The van der Waals surface area contributed by atoms with Crippen LogP contribution in [0.15, 0.2) is 41.3 Å². The van der Waals surface area contributed by atoms with Crippen molar-refractivity contribution in [1.29, 1.82) is 0 Å². The van der Waals surface area contributed by atoms with Gasteiger partial charge in [0, 0.05) is 11.3 Å². The normalized spacial score (nSPS) is 12.1. The third kappa shape index (κ3) is 3.46. The van der Waals surface area contributed by atoms with Crippen LogP contribution in [0.3, 0.4) is 0 Å². The zero-order valence-electron chi connectivity index (χ0n) is 11.4. The van der Waals surface area contributed by atoms with E-state index in [0.717, 1.165) is 17.2 Å². The Hall–Kier alpha value is -2.21. The molecule has 6 heteroatoms. The van der Waals surface area contributed by atoms with Gasteiger partial charge in [0.1, 0.15) is 5.82 Å². The molecule has 0 radical (unpaired) electrons. The molecule has 4 nitrogen and oxygen atoms in total. The number of rotatable bonds is 4. The molecule has 2 rings (SSSR count). The van der Waals surface area contributed by atoms with Crippen LogP contribution in [0.5, 0.6) is 0 Å². The molecule has 0 spiro atoms. The zero-order valence-corrected chi connectivity index (χ0v) is 12.2. The number of carbonyl (C=O) groups excluding carboxylic acids is 1. The second-order valence-electron chi connectivity index (χ2n) is 4.69. The standard InChI is InChI=1S/C15H15FN2O2S/c1-9-6-10(15(18)19)2-3-11(9)8-21(20)14-5-4-12(17)7-13(14)16/h2-7H,8,17H2,1H3,(H2,18,19). The van der Waals surface area contributed by atoms with Crippen molar-refractivity contribution in [1.82, 2.24) is 0 Å². The van der Waals surface area contributed by atoms with Gasteiger partial charge in [0.15, 0.2) is 0 Å². The van der Waals surface area contributed by atoms with E-state index < -0.39 is 22.5 Å². The maximum atomic E-state index is 13.7. The summed E-state index contributed by atoms with van der Waals surface area (Å²) in [6.45, 7) is 1.79. The summed E-state index contributed by atoms with van der Waals surface area (Å²) in [6, 6.07) is 8.97. The van der Waals surface area contributed by atoms with Gasteiger partial charge in [-0.1, -0.05) is 6.07 Å². The van der Waals surface area contributed by atoms with Gasteiger partial charge in [-0.15, -0.1) is 0 Å². The SMILES string of the molecule is Cc1cc(C(N)=O)ccc1CS(=O)c1ccc(N)cc1F. The highest BCUT2D eigenvalue weighted by Gasteiger charge is 2.13. The molecule has 2 aromatic rings. The fourth-order valence-electron chi connectivity index (χ4n) is 1.93. The molecule has 0 bridgehead atoms. The number of primary amides is 1. The maximum Gasteiger partial charge on any atom is 0.248 e. The van der Waals surface area contributed by atoms with E-state index in [1.54, 1.807) is 25.1 Å². The van der Waals surface area contributed by atoms with Crippen molar-refractivity contribution in [3.63, 3.8) is 0 Å². The third-order valence-electron chi connectivity index (χ3n) is 3.11. The predicted octanol–water partition coefficient (Wildman–Crippen LogP) is 2.12. The summed E-state index contributed by atoms with van der Waals surface area (Å²) in [7, 11) is -1.53. The summed E-state index contributed by atoms with van der Waals surface area (Å²) in [5.74, 6) is -0.943. The molecule has 0 aromatic heterocycles. The van der Waals surface area contributed by atoms with Gasteiger partial charge in [0.05, 0.1) is 21.4 Å². The summed E-state index contributed by atoms with van der Waals surface area (Å²) in [4.78, 5) is 11.2. The van der Waals surface area contributed by atoms with Crippen LogP contribution in [0, 0.1) is 12.7 Å². The monoisotopic (exact) mass is 306 g/mol. The predicted molar refractivity (Wildman–Crippen MR) is 80.6 cm³/mol. The van der Waals surface area contributed by atoms with Crippen LogP contribution >= 0.6 is 0 Å². The van der Waals surface area contributed by atoms with Crippen LogP contribution in [-0.4, -0.2) is 10.1 Å². The number of aryl methyl sites for hydroxylation is 1. The van der Waals surface area contributed by atoms with Gasteiger partial charge in [-0.2, -0.15) is 0 Å². The molecule has 4 N–H and O–H groups in total. The molecule has 0 aliphatic rings. The van der Waals surface area contributed by atoms with Crippen molar-refractivity contribution in [3.05, 3.63) is 58.9 Å². The third-order valence-corrected chi connectivity index (χ3v) is 4.51. The van der Waals surface area contributed by atoms with Crippen molar-refractivity contribution in [3.8, 4) is 0 Å². The fourth-order valence-corrected chi connectivity index (χ4v) is 3.19. The molecular formula is C15H15FN2O2S. The Morgan fingerprint density at radius 1 is 1.24 bits per heavy atom. The molecule has 0 heterocycles. The van der Waals surface area contributed by atoms with Crippen molar-refractivity contribution in [2.75, 3.05) is 5.73 Å². The second kappa shape index (κ2) is 6.05. The summed E-state index contributed by atoms with van der Waals surface area (Å²) in [6.07, 6.45) is 0. The molecule has 0 saturated carbocycles. The average molecular weight is 306 g/mol. The Morgan fingerprint density at radius 2 is 1.95 bits per heavy atom. The van der Waals surface area contributed by atoms with Crippen LogP contribution < -0.4 is 11.5 Å². The Labute approximate surface area is 124 Å². The lowest BCUT2D eigenvalue weighted by molar-refractivity contribution is 0.1000. The highest BCUT2D eigenvalue weighted by Crippen LogP contribution is 2.20. The topological polar surface area (TPSA) is 86.2 Å². The van der Waals surface area contributed by atoms with E-state index in [2.05, 4.69) is 0 Å². The molecule has 0 aliphatic carbocycles. The summed E-state index contributed by atoms with van der Waals surface area (Å²) < 4.78 is 26.0. The Bertz CT molecular complexity index is 732. The van der Waals surface area contributed by atoms with Crippen LogP contribution in [-0.2, 0) is 16.6 Å². The minimum Gasteiger partial charge on any atom is -0.399 e. The van der Waals surface area contributed by atoms with Gasteiger partial charge >= 0.3 is 0 Å². The molecule has 2 aromatic carbocycles. The molecular weight excluding hydrogens is 291 g/mol. The molecule has 0 fully saturated rings. The largest absolute Gasteiger partial charge is 0.399 e. The summed E-state index contributed by atoms with van der Waals surface area (Å²) in [5.41, 5.74) is 12.9. The maximum absolute atomic E-state index is 13.7. The molecule has 0 aliphatic heterocycles. The second-order valence-corrected chi connectivity index (χ2v) is 6.10. The number of hydrogen-bond donors (Lipinski definition) is 2. The van der Waals surface area contributed by atoms with Gasteiger partial charge in [-0.05, 0) is 48.4 Å². The molecule has 1 unspecified atom stereocenters. The van der Waals surface area contributed by atoms with E-state index in [9.17, 15) is 13.4 Å². The van der Waals surface area contributed by atoms with E-state index in [0.29, 0.717) is 5.56 Å². The van der Waals surface area contributed by atoms with Crippen LogP contribution in [0.4, 0.5) is 10.1 Å². The first-order chi connectivity index (χ1) is 9.88. The number of anilines is 1. The number of nitrogens with two attached hydrogens (primary N) is 2. The first-order valence-electron chi connectivity index (χ1n) is 6.21. The van der Waals surface area contributed by atoms with Gasteiger partial charge in [-0.3, -0.25) is 9.00 Å². The Morgan fingerprint density at radius 3 is 2.52 bits per heavy atom. The minimum atomic E-state index is -1.53. The number of carbonyl (C=O) groups is 1. The summed E-state index contributed by atoms with van der Waals surface area (Å²) in [5, 5.41) is 0. The highest BCUT2D eigenvalue weighted by molar-refractivity contribution is 7.84. The van der Waals surface area contributed by atoms with Crippen LogP contribution in [0.1, 0.15) is 21.5 Å². The van der Waals surface area contributed by atoms with Crippen molar-refractivity contribution in [2.24, 2.45) is 5.73 Å². The molecule has 110 valence electrons. The van der Waals surface area contributed by atoms with E-state index >= 15 is 0 Å². The number of hydrogen-bond acceptors (Lipinski definition) is 3. The molecule has 1 atom stereocenters.